The van der Waals surface area contributed by atoms with Crippen LogP contribution >= 0.6 is 0 Å². The minimum atomic E-state index is 0.824. The van der Waals surface area contributed by atoms with E-state index in [1.165, 1.54) is 33.4 Å². The molecule has 2 heteroatoms. The van der Waals surface area contributed by atoms with Crippen LogP contribution in [0, 0.1) is 27.7 Å². The molecular weight excluding hydrogens is 294 g/mol. The van der Waals surface area contributed by atoms with E-state index in [1.807, 2.05) is 12.1 Å². The minimum absolute atomic E-state index is 0.824. The van der Waals surface area contributed by atoms with Crippen LogP contribution in [0.25, 0.3) is 22.4 Å². The van der Waals surface area contributed by atoms with E-state index in [2.05, 4.69) is 63.0 Å². The SMILES string of the molecule is COc1ccnc(-c2cc(C)ccc2-c2c(C)cc(C)cc2C)c1. The standard InChI is InChI=1S/C22H23NO/c1-14-6-7-19(22-16(3)10-15(2)11-17(22)4)20(12-14)21-13-18(24-5)8-9-23-21/h6-13H,1-5H3. The quantitative estimate of drug-likeness (QED) is 0.622. The Balaban J connectivity index is 2.27. The molecule has 0 saturated carbocycles. The highest BCUT2D eigenvalue weighted by atomic mass is 16.5. The fourth-order valence-electron chi connectivity index (χ4n) is 3.38. The van der Waals surface area contributed by atoms with Crippen molar-refractivity contribution >= 4 is 0 Å². The van der Waals surface area contributed by atoms with Crippen molar-refractivity contribution in [2.45, 2.75) is 27.7 Å². The smallest absolute Gasteiger partial charge is 0.122 e. The van der Waals surface area contributed by atoms with Crippen LogP contribution in [-0.4, -0.2) is 12.1 Å². The van der Waals surface area contributed by atoms with Gasteiger partial charge in [-0.3, -0.25) is 4.98 Å². The fourth-order valence-corrected chi connectivity index (χ4v) is 3.38. The summed E-state index contributed by atoms with van der Waals surface area (Å²) in [5, 5.41) is 0. The Morgan fingerprint density at radius 3 is 2.12 bits per heavy atom. The summed E-state index contributed by atoms with van der Waals surface area (Å²) in [6.07, 6.45) is 1.80. The van der Waals surface area contributed by atoms with Crippen molar-refractivity contribution in [2.75, 3.05) is 7.11 Å². The van der Waals surface area contributed by atoms with E-state index in [-0.39, 0.29) is 0 Å². The van der Waals surface area contributed by atoms with Crippen LogP contribution in [0.5, 0.6) is 5.75 Å². The van der Waals surface area contributed by atoms with Crippen molar-refractivity contribution in [1.29, 1.82) is 0 Å². The summed E-state index contributed by atoms with van der Waals surface area (Å²) in [6.45, 7) is 8.61. The first-order chi connectivity index (χ1) is 11.5. The third-order valence-corrected chi connectivity index (χ3v) is 4.36. The molecule has 0 aliphatic rings. The number of benzene rings is 2. The first-order valence-electron chi connectivity index (χ1n) is 8.19. The molecule has 1 aromatic heterocycles. The highest BCUT2D eigenvalue weighted by Crippen LogP contribution is 2.37. The lowest BCUT2D eigenvalue weighted by Gasteiger charge is -2.16. The van der Waals surface area contributed by atoms with Gasteiger partial charge in [0.15, 0.2) is 0 Å². The molecule has 122 valence electrons. The number of nitrogens with zero attached hydrogens (tertiary/aromatic N) is 1. The first-order valence-corrected chi connectivity index (χ1v) is 8.19. The second-order valence-electron chi connectivity index (χ2n) is 6.40. The van der Waals surface area contributed by atoms with Crippen LogP contribution in [-0.2, 0) is 0 Å². The van der Waals surface area contributed by atoms with Gasteiger partial charge in [-0.1, -0.05) is 35.4 Å². The zero-order valence-corrected chi connectivity index (χ0v) is 15.0. The van der Waals surface area contributed by atoms with Crippen LogP contribution in [0.3, 0.4) is 0 Å². The van der Waals surface area contributed by atoms with Crippen LogP contribution in [0.4, 0.5) is 0 Å². The normalized spacial score (nSPS) is 10.7. The predicted molar refractivity (Wildman–Crippen MR) is 101 cm³/mol. The minimum Gasteiger partial charge on any atom is -0.497 e. The largest absolute Gasteiger partial charge is 0.497 e. The lowest BCUT2D eigenvalue weighted by atomic mass is 9.89. The molecule has 0 atom stereocenters. The van der Waals surface area contributed by atoms with Gasteiger partial charge in [-0.25, -0.2) is 0 Å². The maximum Gasteiger partial charge on any atom is 0.122 e. The molecular formula is C22H23NO. The van der Waals surface area contributed by atoms with Gasteiger partial charge >= 0.3 is 0 Å². The van der Waals surface area contributed by atoms with Crippen molar-refractivity contribution in [3.8, 4) is 28.1 Å². The monoisotopic (exact) mass is 317 g/mol. The van der Waals surface area contributed by atoms with Crippen molar-refractivity contribution in [2.24, 2.45) is 0 Å². The number of aryl methyl sites for hydroxylation is 4. The van der Waals surface area contributed by atoms with E-state index >= 15 is 0 Å². The molecule has 0 fully saturated rings. The Morgan fingerprint density at radius 1 is 0.750 bits per heavy atom. The molecule has 0 aliphatic carbocycles. The maximum atomic E-state index is 5.38. The molecule has 2 nitrogen and oxygen atoms in total. The topological polar surface area (TPSA) is 22.1 Å². The van der Waals surface area contributed by atoms with Crippen LogP contribution in [0.1, 0.15) is 22.3 Å². The molecule has 3 rings (SSSR count). The number of pyridine rings is 1. The average Bonchev–Trinajstić information content (AvgIpc) is 2.55. The van der Waals surface area contributed by atoms with Crippen LogP contribution in [0.2, 0.25) is 0 Å². The summed E-state index contributed by atoms with van der Waals surface area (Å²) in [4.78, 5) is 4.58. The van der Waals surface area contributed by atoms with E-state index in [9.17, 15) is 0 Å². The second kappa shape index (κ2) is 6.48. The molecule has 2 aromatic carbocycles. The van der Waals surface area contributed by atoms with Crippen LogP contribution < -0.4 is 4.74 Å². The molecule has 0 bridgehead atoms. The summed E-state index contributed by atoms with van der Waals surface area (Å²) in [5.41, 5.74) is 9.69. The zero-order valence-electron chi connectivity index (χ0n) is 15.0. The number of methoxy groups -OCH3 is 1. The number of hydrogen-bond donors (Lipinski definition) is 0. The van der Waals surface area contributed by atoms with Gasteiger partial charge in [-0.05, 0) is 62.1 Å². The Kier molecular flexibility index (Phi) is 4.39. The van der Waals surface area contributed by atoms with Gasteiger partial charge in [-0.15, -0.1) is 0 Å². The molecule has 0 saturated heterocycles. The number of rotatable bonds is 3. The highest BCUT2D eigenvalue weighted by molar-refractivity contribution is 5.85. The van der Waals surface area contributed by atoms with E-state index in [1.54, 1.807) is 13.3 Å². The van der Waals surface area contributed by atoms with Gasteiger partial charge in [0.05, 0.1) is 12.8 Å². The summed E-state index contributed by atoms with van der Waals surface area (Å²) >= 11 is 0. The lowest BCUT2D eigenvalue weighted by molar-refractivity contribution is 0.414. The maximum absolute atomic E-state index is 5.38. The molecule has 0 amide bonds. The third kappa shape index (κ3) is 3.05. The molecule has 0 unspecified atom stereocenters. The lowest BCUT2D eigenvalue weighted by Crippen LogP contribution is -1.95. The van der Waals surface area contributed by atoms with Crippen molar-refractivity contribution in [3.63, 3.8) is 0 Å². The highest BCUT2D eigenvalue weighted by Gasteiger charge is 2.14. The molecule has 1 heterocycles. The second-order valence-corrected chi connectivity index (χ2v) is 6.40. The molecule has 24 heavy (non-hydrogen) atoms. The van der Waals surface area contributed by atoms with Gasteiger partial charge in [0, 0.05) is 17.8 Å². The van der Waals surface area contributed by atoms with Crippen LogP contribution in [0.15, 0.2) is 48.7 Å². The van der Waals surface area contributed by atoms with Gasteiger partial charge in [0.1, 0.15) is 5.75 Å². The van der Waals surface area contributed by atoms with E-state index in [4.69, 9.17) is 4.74 Å². The number of aromatic nitrogens is 1. The summed E-state index contributed by atoms with van der Waals surface area (Å²) < 4.78 is 5.38. The van der Waals surface area contributed by atoms with E-state index < -0.39 is 0 Å². The van der Waals surface area contributed by atoms with Gasteiger partial charge in [0.2, 0.25) is 0 Å². The van der Waals surface area contributed by atoms with Gasteiger partial charge < -0.3 is 4.74 Å². The molecule has 0 aliphatic heterocycles. The van der Waals surface area contributed by atoms with Crippen molar-refractivity contribution < 1.29 is 4.74 Å². The van der Waals surface area contributed by atoms with Gasteiger partial charge in [-0.2, -0.15) is 0 Å². The Bertz CT molecular complexity index is 873. The fraction of sp³-hybridized carbons (Fsp3) is 0.227. The van der Waals surface area contributed by atoms with Crippen molar-refractivity contribution in [1.82, 2.24) is 4.98 Å². The van der Waals surface area contributed by atoms with E-state index in [0.29, 0.717) is 0 Å². The molecule has 0 spiro atoms. The average molecular weight is 317 g/mol. The molecule has 0 radical (unpaired) electrons. The summed E-state index contributed by atoms with van der Waals surface area (Å²) in [6, 6.07) is 14.9. The molecule has 3 aromatic rings. The number of ether oxygens (including phenoxy) is 1. The first kappa shape index (κ1) is 16.3. The van der Waals surface area contributed by atoms with E-state index in [0.717, 1.165) is 17.0 Å². The van der Waals surface area contributed by atoms with Gasteiger partial charge in [0.25, 0.3) is 0 Å². The Morgan fingerprint density at radius 2 is 1.46 bits per heavy atom. The third-order valence-electron chi connectivity index (χ3n) is 4.36. The Hall–Kier alpha value is -2.61. The summed E-state index contributed by atoms with van der Waals surface area (Å²) in [5.74, 6) is 0.824. The Labute approximate surface area is 144 Å². The zero-order chi connectivity index (χ0) is 17.3. The summed E-state index contributed by atoms with van der Waals surface area (Å²) in [7, 11) is 1.69. The number of hydrogen-bond acceptors (Lipinski definition) is 2. The predicted octanol–water partition coefficient (Wildman–Crippen LogP) is 5.66. The van der Waals surface area contributed by atoms with Crippen molar-refractivity contribution in [3.05, 3.63) is 70.9 Å². The molecule has 0 N–H and O–H groups in total.